The van der Waals surface area contributed by atoms with E-state index in [0.29, 0.717) is 0 Å². The van der Waals surface area contributed by atoms with Gasteiger partial charge in [0.05, 0.1) is 16.5 Å². The van der Waals surface area contributed by atoms with Gasteiger partial charge in [0.1, 0.15) is 17.2 Å². The highest BCUT2D eigenvalue weighted by atomic mass is 16.5. The zero-order valence-electron chi connectivity index (χ0n) is 49.0. The Kier molecular flexibility index (Phi) is 11.0. The number of anilines is 3. The molecule has 2 spiro atoms. The number of ether oxygens (including phenoxy) is 2. The standard InChI is InChI=1S/C78H71NO2/c1-73(2,3)50-31-38-56-57-39-32-51(74(4,5)6)44-64(57)77(63(56)43-50)61-24-17-19-28-70(61)81-72-62(77)25-20-26-68(72)79(54-35-29-49(30-36-54)48-21-14-13-15-22-48)55-37-42-71-67(47-55)78(60-23-16-18-27-69(60)80-71)65-45-52(75(7,8)9)33-40-58(65)59-41-34-53(46-66(59)78)76(10,11)12/h13-47H,1-12H3. The van der Waals surface area contributed by atoms with Crippen LogP contribution in [0, 0.1) is 0 Å². The topological polar surface area (TPSA) is 21.7 Å². The number of hydrogen-bond donors (Lipinski definition) is 0. The van der Waals surface area contributed by atoms with Crippen molar-refractivity contribution in [1.82, 2.24) is 0 Å². The lowest BCUT2D eigenvalue weighted by atomic mass is 9.64. The Morgan fingerprint density at radius 3 is 1.14 bits per heavy atom. The van der Waals surface area contributed by atoms with Crippen molar-refractivity contribution >= 4 is 17.1 Å². The monoisotopic (exact) mass is 1050 g/mol. The largest absolute Gasteiger partial charge is 0.457 e. The zero-order valence-corrected chi connectivity index (χ0v) is 49.0. The van der Waals surface area contributed by atoms with Gasteiger partial charge in [-0.2, -0.15) is 0 Å². The predicted octanol–water partition coefficient (Wildman–Crippen LogP) is 21.0. The molecule has 0 amide bonds. The first-order valence-corrected chi connectivity index (χ1v) is 29.1. The highest BCUT2D eigenvalue weighted by molar-refractivity contribution is 5.94. The van der Waals surface area contributed by atoms with Crippen LogP contribution in [0.15, 0.2) is 212 Å². The smallest absolute Gasteiger partial charge is 0.156 e. The molecule has 2 aliphatic heterocycles. The molecule has 0 saturated carbocycles. The summed E-state index contributed by atoms with van der Waals surface area (Å²) < 4.78 is 14.8. The van der Waals surface area contributed by atoms with Crippen LogP contribution in [0.1, 0.15) is 150 Å². The van der Waals surface area contributed by atoms with E-state index in [1.807, 2.05) is 0 Å². The van der Waals surface area contributed by atoms with Crippen LogP contribution < -0.4 is 14.4 Å². The number of para-hydroxylation sites is 3. The van der Waals surface area contributed by atoms with Crippen LogP contribution in [0.5, 0.6) is 23.0 Å². The molecular weight excluding hydrogens is 983 g/mol. The van der Waals surface area contributed by atoms with Crippen molar-refractivity contribution < 1.29 is 9.47 Å². The van der Waals surface area contributed by atoms with Crippen LogP contribution in [-0.2, 0) is 32.5 Å². The molecule has 14 rings (SSSR count). The molecule has 0 atom stereocenters. The van der Waals surface area contributed by atoms with E-state index in [4.69, 9.17) is 9.47 Å². The molecule has 10 aromatic carbocycles. The summed E-state index contributed by atoms with van der Waals surface area (Å²) in [5.74, 6) is 3.42. The molecule has 400 valence electrons. The molecule has 0 saturated heterocycles. The third-order valence-electron chi connectivity index (χ3n) is 18.2. The Morgan fingerprint density at radius 1 is 0.284 bits per heavy atom. The lowest BCUT2D eigenvalue weighted by Crippen LogP contribution is -2.34. The molecule has 0 radical (unpaired) electrons. The zero-order chi connectivity index (χ0) is 56.2. The van der Waals surface area contributed by atoms with E-state index < -0.39 is 10.8 Å². The van der Waals surface area contributed by atoms with E-state index in [-0.39, 0.29) is 21.7 Å². The van der Waals surface area contributed by atoms with Gasteiger partial charge in [-0.1, -0.05) is 247 Å². The maximum Gasteiger partial charge on any atom is 0.156 e. The van der Waals surface area contributed by atoms with Gasteiger partial charge >= 0.3 is 0 Å². The van der Waals surface area contributed by atoms with Crippen LogP contribution >= 0.6 is 0 Å². The van der Waals surface area contributed by atoms with Gasteiger partial charge in [-0.05, 0) is 148 Å². The number of nitrogens with zero attached hydrogens (tertiary/aromatic N) is 1. The number of rotatable bonds is 4. The lowest BCUT2D eigenvalue weighted by Gasteiger charge is -2.42. The van der Waals surface area contributed by atoms with Gasteiger partial charge in [-0.15, -0.1) is 0 Å². The SMILES string of the molecule is CC(C)(C)c1ccc2c(c1)C1(c3ccccc3Oc3ccc(N(c4ccc(-c5ccccc5)cc4)c4cccc5c4Oc4ccccc4C54c5cc(C(C)(C)C)ccc5-c5ccc(C(C)(C)C)cc54)cc31)c1cc(C(C)(C)C)ccc1-2. The van der Waals surface area contributed by atoms with E-state index in [0.717, 1.165) is 67.9 Å². The van der Waals surface area contributed by atoms with Crippen molar-refractivity contribution in [3.8, 4) is 56.4 Å². The Hall–Kier alpha value is -8.40. The minimum atomic E-state index is -0.724. The predicted molar refractivity (Wildman–Crippen MR) is 336 cm³/mol. The van der Waals surface area contributed by atoms with Crippen molar-refractivity contribution in [1.29, 1.82) is 0 Å². The molecule has 2 aliphatic carbocycles. The Balaban J connectivity index is 1.08. The molecule has 81 heavy (non-hydrogen) atoms. The molecule has 4 aliphatic rings. The van der Waals surface area contributed by atoms with Crippen molar-refractivity contribution in [2.24, 2.45) is 0 Å². The fraction of sp³-hybridized carbons (Fsp3) is 0.231. The van der Waals surface area contributed by atoms with Crippen molar-refractivity contribution in [2.75, 3.05) is 4.90 Å². The van der Waals surface area contributed by atoms with E-state index in [9.17, 15) is 0 Å². The number of benzene rings is 10. The summed E-state index contributed by atoms with van der Waals surface area (Å²) in [6.45, 7) is 27.9. The van der Waals surface area contributed by atoms with Gasteiger partial charge in [0.15, 0.2) is 5.75 Å². The molecule has 0 aromatic heterocycles. The molecule has 3 nitrogen and oxygen atoms in total. The van der Waals surface area contributed by atoms with Crippen molar-refractivity contribution in [3.63, 3.8) is 0 Å². The van der Waals surface area contributed by atoms with Crippen LogP contribution in [0.25, 0.3) is 33.4 Å². The summed E-state index contributed by atoms with van der Waals surface area (Å²) in [6, 6.07) is 80.2. The molecule has 0 fully saturated rings. The van der Waals surface area contributed by atoms with E-state index >= 15 is 0 Å². The normalized spacial score (nSPS) is 14.8. The van der Waals surface area contributed by atoms with Gasteiger partial charge in [0.2, 0.25) is 0 Å². The second-order valence-electron chi connectivity index (χ2n) is 27.3. The van der Waals surface area contributed by atoms with Crippen molar-refractivity contribution in [3.05, 3.63) is 279 Å². The fourth-order valence-corrected chi connectivity index (χ4v) is 13.9. The molecule has 0 bridgehead atoms. The quantitative estimate of drug-likeness (QED) is 0.175. The highest BCUT2D eigenvalue weighted by Crippen LogP contribution is 2.67. The minimum Gasteiger partial charge on any atom is -0.457 e. The second-order valence-corrected chi connectivity index (χ2v) is 27.3. The van der Waals surface area contributed by atoms with E-state index in [1.54, 1.807) is 0 Å². The van der Waals surface area contributed by atoms with E-state index in [1.165, 1.54) is 72.3 Å². The second kappa shape index (κ2) is 17.6. The van der Waals surface area contributed by atoms with Gasteiger partial charge < -0.3 is 14.4 Å². The number of hydrogen-bond acceptors (Lipinski definition) is 3. The third-order valence-corrected chi connectivity index (χ3v) is 18.2. The molecule has 2 heterocycles. The van der Waals surface area contributed by atoms with Crippen LogP contribution in [0.3, 0.4) is 0 Å². The maximum absolute atomic E-state index is 7.61. The van der Waals surface area contributed by atoms with Crippen molar-refractivity contribution in [2.45, 2.75) is 116 Å². The Bertz CT molecular complexity index is 4080. The van der Waals surface area contributed by atoms with Crippen LogP contribution in [-0.4, -0.2) is 0 Å². The summed E-state index contributed by atoms with van der Waals surface area (Å²) in [4.78, 5) is 2.45. The Morgan fingerprint density at radius 2 is 0.667 bits per heavy atom. The number of fused-ring (bicyclic) bond motifs is 18. The van der Waals surface area contributed by atoms with E-state index in [2.05, 4.69) is 300 Å². The first kappa shape index (κ1) is 50.8. The molecular formula is C78H71NO2. The Labute approximate surface area is 479 Å². The highest BCUT2D eigenvalue weighted by Gasteiger charge is 2.54. The maximum atomic E-state index is 7.61. The average molecular weight is 1050 g/mol. The molecule has 3 heteroatoms. The molecule has 0 unspecified atom stereocenters. The fourth-order valence-electron chi connectivity index (χ4n) is 13.9. The summed E-state index contributed by atoms with van der Waals surface area (Å²) in [7, 11) is 0. The van der Waals surface area contributed by atoms with Gasteiger partial charge in [0, 0.05) is 33.6 Å². The summed E-state index contributed by atoms with van der Waals surface area (Å²) in [5, 5.41) is 0. The first-order valence-electron chi connectivity index (χ1n) is 29.1. The van der Waals surface area contributed by atoms with Gasteiger partial charge in [-0.3, -0.25) is 0 Å². The summed E-state index contributed by atoms with van der Waals surface area (Å²) >= 11 is 0. The van der Waals surface area contributed by atoms with Gasteiger partial charge in [-0.25, -0.2) is 0 Å². The molecule has 10 aromatic rings. The molecule has 0 N–H and O–H groups in total. The summed E-state index contributed by atoms with van der Waals surface area (Å²) in [6.07, 6.45) is 0. The average Bonchev–Trinajstić information content (AvgIpc) is 1.86. The lowest BCUT2D eigenvalue weighted by molar-refractivity contribution is 0.435. The van der Waals surface area contributed by atoms with Crippen LogP contribution in [0.2, 0.25) is 0 Å². The third kappa shape index (κ3) is 7.53. The van der Waals surface area contributed by atoms with Crippen LogP contribution in [0.4, 0.5) is 17.1 Å². The minimum absolute atomic E-state index is 0.0867. The van der Waals surface area contributed by atoms with Gasteiger partial charge in [0.25, 0.3) is 0 Å². The summed E-state index contributed by atoms with van der Waals surface area (Å²) in [5.41, 5.74) is 23.4. The first-order chi connectivity index (χ1) is 38.7.